The minimum absolute atomic E-state index is 0.0562. The van der Waals surface area contributed by atoms with E-state index < -0.39 is 35.3 Å². The van der Waals surface area contributed by atoms with E-state index in [4.69, 9.17) is 33.5 Å². The molecule has 3 aromatic rings. The number of nitrogens with two attached hydrogens (primary N) is 1. The van der Waals surface area contributed by atoms with Crippen LogP contribution >= 0.6 is 23.2 Å². The van der Waals surface area contributed by atoms with E-state index in [1.807, 2.05) is 5.43 Å². The summed E-state index contributed by atoms with van der Waals surface area (Å²) in [6.45, 7) is 0. The van der Waals surface area contributed by atoms with E-state index in [1.165, 1.54) is 18.2 Å². The number of aromatic nitrogens is 1. The number of halogens is 2. The average molecular weight is 475 g/mol. The van der Waals surface area contributed by atoms with Crippen molar-refractivity contribution in [2.75, 3.05) is 4.90 Å². The maximum absolute atomic E-state index is 13.3. The number of urea groups is 1. The van der Waals surface area contributed by atoms with Crippen molar-refractivity contribution in [3.05, 3.63) is 58.4 Å². The molecule has 32 heavy (non-hydrogen) atoms. The van der Waals surface area contributed by atoms with Crippen molar-refractivity contribution < 1.29 is 23.6 Å². The fourth-order valence-corrected chi connectivity index (χ4v) is 3.56. The number of imide groups is 1. The van der Waals surface area contributed by atoms with Gasteiger partial charge in [0.2, 0.25) is 11.7 Å². The Balaban J connectivity index is 1.85. The molecule has 162 valence electrons. The summed E-state index contributed by atoms with van der Waals surface area (Å²) >= 11 is 12.0. The van der Waals surface area contributed by atoms with Gasteiger partial charge in [-0.1, -0.05) is 35.3 Å². The number of piperidine rings is 1. The highest BCUT2D eigenvalue weighted by molar-refractivity contribution is 6.67. The third-order valence-corrected chi connectivity index (χ3v) is 5.03. The zero-order valence-corrected chi connectivity index (χ0v) is 17.3. The zero-order chi connectivity index (χ0) is 23.0. The molecule has 1 unspecified atom stereocenters. The van der Waals surface area contributed by atoms with Crippen LogP contribution < -0.4 is 21.6 Å². The molecule has 1 aliphatic rings. The first-order valence-corrected chi connectivity index (χ1v) is 9.64. The molecule has 11 nitrogen and oxygen atoms in total. The Morgan fingerprint density at radius 2 is 1.88 bits per heavy atom. The molecule has 1 aliphatic heterocycles. The van der Waals surface area contributed by atoms with Gasteiger partial charge in [0.25, 0.3) is 5.91 Å². The molecule has 4 N–H and O–H groups in total. The highest BCUT2D eigenvalue weighted by atomic mass is 35.5. The number of amides is 4. The molecule has 1 fully saturated rings. The number of Topliss-reactive ketones (excluding diaryl/α,β-unsaturated/α-hetero) is 1. The minimum atomic E-state index is -1.61. The largest absolute Gasteiger partial charge is 0.439 e. The van der Waals surface area contributed by atoms with Gasteiger partial charge in [0.05, 0.1) is 10.7 Å². The monoisotopic (exact) mass is 474 g/mol. The lowest BCUT2D eigenvalue weighted by molar-refractivity contribution is -0.139. The molecular formula is C19H12Cl2N6O5. The van der Waals surface area contributed by atoms with E-state index in [2.05, 4.69) is 10.1 Å². The van der Waals surface area contributed by atoms with Crippen LogP contribution in [0.4, 0.5) is 10.5 Å². The number of hydrazone groups is 1. The van der Waals surface area contributed by atoms with Crippen LogP contribution in [-0.4, -0.2) is 34.3 Å². The van der Waals surface area contributed by atoms with Crippen molar-refractivity contribution in [3.63, 3.8) is 0 Å². The standard InChI is InChI=1S/C19H12Cl2N6O5/c20-8-5-6-11(9(21)7-8)27-17(29)14(25-26-19(31)24-22)13(15(28)18(27)30)16-23-10-3-1-2-4-12(10)32-16/h1-7,13H,22H2,(H2,24,26,31)/b25-14+. The zero-order valence-electron chi connectivity index (χ0n) is 15.8. The van der Waals surface area contributed by atoms with Crippen LogP contribution in [0.25, 0.3) is 11.1 Å². The number of hydrazine groups is 1. The van der Waals surface area contributed by atoms with Gasteiger partial charge in [-0.15, -0.1) is 0 Å². The molecule has 1 atom stereocenters. The second-order valence-corrected chi connectivity index (χ2v) is 7.28. The molecule has 0 saturated carbocycles. The summed E-state index contributed by atoms with van der Waals surface area (Å²) in [4.78, 5) is 55.6. The molecule has 4 rings (SSSR count). The molecule has 2 aromatic carbocycles. The number of carbonyl (C=O) groups excluding carboxylic acids is 4. The minimum Gasteiger partial charge on any atom is -0.439 e. The number of carbonyl (C=O) groups is 4. The molecule has 0 aliphatic carbocycles. The second kappa shape index (κ2) is 8.38. The number of hydrogen-bond acceptors (Lipinski definition) is 8. The lowest BCUT2D eigenvalue weighted by atomic mass is 9.91. The predicted octanol–water partition coefficient (Wildman–Crippen LogP) is 1.89. The van der Waals surface area contributed by atoms with Gasteiger partial charge in [-0.2, -0.15) is 5.10 Å². The Labute approximate surface area is 189 Å². The summed E-state index contributed by atoms with van der Waals surface area (Å²) in [7, 11) is 0. The van der Waals surface area contributed by atoms with Gasteiger partial charge in [-0.25, -0.2) is 25.9 Å². The first-order valence-electron chi connectivity index (χ1n) is 8.89. The lowest BCUT2D eigenvalue weighted by Gasteiger charge is -2.29. The van der Waals surface area contributed by atoms with Crippen LogP contribution in [0.5, 0.6) is 0 Å². The Morgan fingerprint density at radius 1 is 1.12 bits per heavy atom. The summed E-state index contributed by atoms with van der Waals surface area (Å²) in [5, 5.41) is 3.91. The Hall–Kier alpha value is -3.80. The summed E-state index contributed by atoms with van der Waals surface area (Å²) in [5.41, 5.74) is 3.84. The predicted molar refractivity (Wildman–Crippen MR) is 114 cm³/mol. The molecule has 2 heterocycles. The smallest absolute Gasteiger partial charge is 0.349 e. The molecule has 4 amide bonds. The van der Waals surface area contributed by atoms with Gasteiger partial charge < -0.3 is 4.42 Å². The Bertz CT molecular complexity index is 1290. The second-order valence-electron chi connectivity index (χ2n) is 6.44. The number of ketones is 1. The number of nitrogens with zero attached hydrogens (tertiary/aromatic N) is 3. The van der Waals surface area contributed by atoms with Crippen molar-refractivity contribution in [1.82, 2.24) is 15.8 Å². The topological polar surface area (TPSA) is 160 Å². The van der Waals surface area contributed by atoms with Gasteiger partial charge >= 0.3 is 11.9 Å². The highest BCUT2D eigenvalue weighted by Gasteiger charge is 2.50. The quantitative estimate of drug-likeness (QED) is 0.171. The normalized spacial score (nSPS) is 17.8. The Kier molecular flexibility index (Phi) is 5.61. The fourth-order valence-electron chi connectivity index (χ4n) is 3.07. The molecule has 0 spiro atoms. The van der Waals surface area contributed by atoms with Crippen LogP contribution in [-0.2, 0) is 14.4 Å². The maximum atomic E-state index is 13.3. The number of benzene rings is 2. The highest BCUT2D eigenvalue weighted by Crippen LogP contribution is 2.34. The molecule has 13 heteroatoms. The van der Waals surface area contributed by atoms with Gasteiger partial charge in [0, 0.05) is 5.02 Å². The summed E-state index contributed by atoms with van der Waals surface area (Å²) in [6, 6.07) is 9.61. The van der Waals surface area contributed by atoms with E-state index in [0.717, 1.165) is 0 Å². The van der Waals surface area contributed by atoms with Crippen LogP contribution in [0.1, 0.15) is 11.8 Å². The number of nitrogens with one attached hydrogen (secondary N) is 2. The first kappa shape index (κ1) is 21.4. The third-order valence-electron chi connectivity index (χ3n) is 4.49. The van der Waals surface area contributed by atoms with Gasteiger partial charge in [-0.3, -0.25) is 19.8 Å². The van der Waals surface area contributed by atoms with Crippen molar-refractivity contribution in [1.29, 1.82) is 0 Å². The lowest BCUT2D eigenvalue weighted by Crippen LogP contribution is -2.55. The maximum Gasteiger partial charge on any atom is 0.349 e. The number of hydrogen-bond donors (Lipinski definition) is 3. The van der Waals surface area contributed by atoms with E-state index >= 15 is 0 Å². The molecule has 0 radical (unpaired) electrons. The van der Waals surface area contributed by atoms with Gasteiger partial charge in [0.15, 0.2) is 11.5 Å². The Morgan fingerprint density at radius 3 is 2.56 bits per heavy atom. The molecule has 1 saturated heterocycles. The number of rotatable bonds is 3. The van der Waals surface area contributed by atoms with E-state index in [-0.39, 0.29) is 21.6 Å². The van der Waals surface area contributed by atoms with Gasteiger partial charge in [-0.05, 0) is 30.3 Å². The van der Waals surface area contributed by atoms with Crippen molar-refractivity contribution >= 4 is 69.3 Å². The van der Waals surface area contributed by atoms with Crippen LogP contribution in [0, 0.1) is 0 Å². The summed E-state index contributed by atoms with van der Waals surface area (Å²) < 4.78 is 5.59. The molecular weight excluding hydrogens is 463 g/mol. The number of para-hydroxylation sites is 2. The summed E-state index contributed by atoms with van der Waals surface area (Å²) in [5.74, 6) is -0.123. The SMILES string of the molecule is NNC(=O)N/N=C1/C(=O)N(c2ccc(Cl)cc2Cl)C(=O)C(=O)C1c1nc2ccccc2o1. The van der Waals surface area contributed by atoms with Crippen molar-refractivity contribution in [2.24, 2.45) is 10.9 Å². The van der Waals surface area contributed by atoms with E-state index in [9.17, 15) is 19.2 Å². The van der Waals surface area contributed by atoms with E-state index in [1.54, 1.807) is 29.7 Å². The van der Waals surface area contributed by atoms with E-state index in [0.29, 0.717) is 16.0 Å². The van der Waals surface area contributed by atoms with Crippen molar-refractivity contribution in [2.45, 2.75) is 5.92 Å². The summed E-state index contributed by atoms with van der Waals surface area (Å²) in [6.07, 6.45) is 0. The first-order chi connectivity index (χ1) is 15.3. The molecule has 1 aromatic heterocycles. The number of oxazole rings is 1. The fraction of sp³-hybridized carbons (Fsp3) is 0.0526. The molecule has 0 bridgehead atoms. The average Bonchev–Trinajstić information content (AvgIpc) is 3.20. The van der Waals surface area contributed by atoms with Crippen molar-refractivity contribution in [3.8, 4) is 0 Å². The van der Waals surface area contributed by atoms with Crippen LogP contribution in [0.3, 0.4) is 0 Å². The number of anilines is 1. The van der Waals surface area contributed by atoms with Gasteiger partial charge in [0.1, 0.15) is 11.2 Å². The van der Waals surface area contributed by atoms with Crippen LogP contribution in [0.2, 0.25) is 10.0 Å². The third kappa shape index (κ3) is 3.68. The number of fused-ring (bicyclic) bond motifs is 1. The van der Waals surface area contributed by atoms with Crippen LogP contribution in [0.15, 0.2) is 52.0 Å².